The number of para-hydroxylation sites is 1. The number of aromatic amines is 1. The Hall–Kier alpha value is -4.99. The predicted molar refractivity (Wildman–Crippen MR) is 176 cm³/mol. The zero-order chi connectivity index (χ0) is 32.0. The Labute approximate surface area is 268 Å². The van der Waals surface area contributed by atoms with Crippen LogP contribution in [0.5, 0.6) is 5.75 Å². The number of carbonyl (C=O) groups excluding carboxylic acids is 1. The number of rotatable bonds is 12. The molecule has 3 heterocycles. The summed E-state index contributed by atoms with van der Waals surface area (Å²) >= 11 is 0. The second kappa shape index (κ2) is 14.0. The number of H-pyrrole nitrogens is 1. The molecule has 2 atom stereocenters. The van der Waals surface area contributed by atoms with E-state index < -0.39 is 5.97 Å². The Kier molecular flexibility index (Phi) is 9.42. The van der Waals surface area contributed by atoms with Crippen molar-refractivity contribution in [3.63, 3.8) is 0 Å². The first kappa shape index (κ1) is 31.0. The molecule has 0 bridgehead atoms. The standard InChI is InChI=1S/C36H40N6O4/c1-4-6-14-32-31(22-25-17-19-26(20-18-25)28-11-7-8-12-29(28)34-37-39-40-38-34)35(43)42-27(21-16-24(3)41(32)42)23-46-33-15-10-9-13-30(33)36(44)45-5-2/h7-13,15,17-20,24,27H,4-6,14,16,21-23H2,1-3H3,(H,37,38,39,40). The number of tetrazole rings is 1. The molecule has 0 saturated heterocycles. The number of benzene rings is 3. The highest BCUT2D eigenvalue weighted by molar-refractivity contribution is 5.92. The third-order valence-corrected chi connectivity index (χ3v) is 8.74. The largest absolute Gasteiger partial charge is 0.490 e. The highest BCUT2D eigenvalue weighted by Gasteiger charge is 2.32. The molecule has 10 heteroatoms. The topological polar surface area (TPSA) is 117 Å². The van der Waals surface area contributed by atoms with E-state index in [1.165, 1.54) is 0 Å². The van der Waals surface area contributed by atoms with Gasteiger partial charge in [0.1, 0.15) is 17.9 Å². The fourth-order valence-corrected chi connectivity index (χ4v) is 6.44. The van der Waals surface area contributed by atoms with Crippen LogP contribution >= 0.6 is 0 Å². The molecule has 6 rings (SSSR count). The summed E-state index contributed by atoms with van der Waals surface area (Å²) < 4.78 is 15.6. The number of hydrogen-bond donors (Lipinski definition) is 1. The summed E-state index contributed by atoms with van der Waals surface area (Å²) in [4.78, 5) is 26.8. The highest BCUT2D eigenvalue weighted by Crippen LogP contribution is 2.33. The van der Waals surface area contributed by atoms with Crippen LogP contribution in [-0.2, 0) is 17.6 Å². The molecular weight excluding hydrogens is 580 g/mol. The molecule has 0 amide bonds. The van der Waals surface area contributed by atoms with E-state index in [1.807, 2.05) is 35.0 Å². The Bertz CT molecular complexity index is 1840. The zero-order valence-corrected chi connectivity index (χ0v) is 26.6. The second-order valence-corrected chi connectivity index (χ2v) is 11.8. The van der Waals surface area contributed by atoms with Crippen molar-refractivity contribution >= 4 is 5.97 Å². The average molecular weight is 621 g/mol. The lowest BCUT2D eigenvalue weighted by Crippen LogP contribution is -2.37. The maximum Gasteiger partial charge on any atom is 0.341 e. The third-order valence-electron chi connectivity index (χ3n) is 8.74. The van der Waals surface area contributed by atoms with Crippen molar-refractivity contribution in [2.45, 2.75) is 71.4 Å². The van der Waals surface area contributed by atoms with Crippen LogP contribution in [0, 0.1) is 0 Å². The number of nitrogens with zero attached hydrogens (tertiary/aromatic N) is 5. The number of esters is 1. The van der Waals surface area contributed by atoms with Crippen molar-refractivity contribution in [3.8, 4) is 28.3 Å². The van der Waals surface area contributed by atoms with E-state index in [1.54, 1.807) is 25.1 Å². The lowest BCUT2D eigenvalue weighted by molar-refractivity contribution is 0.0520. The minimum absolute atomic E-state index is 0.0384. The third kappa shape index (κ3) is 6.24. The summed E-state index contributed by atoms with van der Waals surface area (Å²) in [6.45, 7) is 6.73. The van der Waals surface area contributed by atoms with Gasteiger partial charge in [0.05, 0.1) is 12.6 Å². The first-order valence-corrected chi connectivity index (χ1v) is 16.2. The number of fused-ring (bicyclic) bond motifs is 1. The number of nitrogens with one attached hydrogen (secondary N) is 1. The average Bonchev–Trinajstić information content (AvgIpc) is 3.72. The molecule has 0 saturated carbocycles. The number of carbonyl (C=O) groups is 1. The van der Waals surface area contributed by atoms with Gasteiger partial charge in [-0.2, -0.15) is 5.21 Å². The maximum atomic E-state index is 14.3. The van der Waals surface area contributed by atoms with Crippen LogP contribution in [0.3, 0.4) is 0 Å². The van der Waals surface area contributed by atoms with Gasteiger partial charge >= 0.3 is 5.97 Å². The van der Waals surface area contributed by atoms with Crippen molar-refractivity contribution in [1.29, 1.82) is 0 Å². The molecule has 10 nitrogen and oxygen atoms in total. The van der Waals surface area contributed by atoms with Crippen LogP contribution in [-0.4, -0.2) is 49.2 Å². The summed E-state index contributed by atoms with van der Waals surface area (Å²) in [5.74, 6) is 0.604. The minimum atomic E-state index is -0.413. The van der Waals surface area contributed by atoms with E-state index >= 15 is 0 Å². The van der Waals surface area contributed by atoms with Gasteiger partial charge in [0.2, 0.25) is 5.82 Å². The number of ether oxygens (including phenoxy) is 2. The molecule has 46 heavy (non-hydrogen) atoms. The van der Waals surface area contributed by atoms with Crippen LogP contribution in [0.1, 0.15) is 85.7 Å². The van der Waals surface area contributed by atoms with E-state index in [-0.39, 0.29) is 30.9 Å². The fraction of sp³-hybridized carbons (Fsp3) is 0.361. The normalized spacial score (nSPS) is 15.8. The summed E-state index contributed by atoms with van der Waals surface area (Å²) in [6, 6.07) is 23.5. The smallest absolute Gasteiger partial charge is 0.341 e. The molecule has 1 aliphatic heterocycles. The summed E-state index contributed by atoms with van der Waals surface area (Å²) in [6.07, 6.45) is 5.18. The number of hydrogen-bond acceptors (Lipinski definition) is 7. The van der Waals surface area contributed by atoms with Gasteiger partial charge in [-0.05, 0) is 73.6 Å². The van der Waals surface area contributed by atoms with Crippen molar-refractivity contribution in [2.75, 3.05) is 13.2 Å². The molecule has 1 aliphatic rings. The monoisotopic (exact) mass is 620 g/mol. The Morgan fingerprint density at radius 3 is 2.46 bits per heavy atom. The van der Waals surface area contributed by atoms with Gasteiger partial charge in [0.25, 0.3) is 5.56 Å². The van der Waals surface area contributed by atoms with Gasteiger partial charge in [-0.1, -0.05) is 74.0 Å². The quantitative estimate of drug-likeness (QED) is 0.157. The van der Waals surface area contributed by atoms with E-state index in [9.17, 15) is 9.59 Å². The van der Waals surface area contributed by atoms with Gasteiger partial charge in [0.15, 0.2) is 0 Å². The lowest BCUT2D eigenvalue weighted by Gasteiger charge is -2.32. The molecule has 238 valence electrons. The fourth-order valence-electron chi connectivity index (χ4n) is 6.44. The molecule has 3 aromatic carbocycles. The molecule has 0 spiro atoms. The molecule has 1 N–H and O–H groups in total. The van der Waals surface area contributed by atoms with Gasteiger partial charge < -0.3 is 9.47 Å². The maximum absolute atomic E-state index is 14.3. The zero-order valence-electron chi connectivity index (χ0n) is 26.6. The molecule has 0 radical (unpaired) electrons. The van der Waals surface area contributed by atoms with Gasteiger partial charge in [0, 0.05) is 29.3 Å². The first-order valence-electron chi connectivity index (χ1n) is 16.2. The van der Waals surface area contributed by atoms with Crippen LogP contribution < -0.4 is 10.3 Å². The molecule has 5 aromatic rings. The summed E-state index contributed by atoms with van der Waals surface area (Å²) in [7, 11) is 0. The van der Waals surface area contributed by atoms with Crippen LogP contribution in [0.25, 0.3) is 22.5 Å². The molecular formula is C36H40N6O4. The van der Waals surface area contributed by atoms with E-state index in [4.69, 9.17) is 9.47 Å². The van der Waals surface area contributed by atoms with Crippen LogP contribution in [0.4, 0.5) is 0 Å². The summed E-state index contributed by atoms with van der Waals surface area (Å²) in [5, 5.41) is 14.6. The van der Waals surface area contributed by atoms with E-state index in [0.717, 1.165) is 65.6 Å². The molecule has 0 fully saturated rings. The molecule has 2 unspecified atom stereocenters. The lowest BCUT2D eigenvalue weighted by atomic mass is 9.96. The second-order valence-electron chi connectivity index (χ2n) is 11.8. The van der Waals surface area contributed by atoms with E-state index in [2.05, 4.69) is 63.4 Å². The van der Waals surface area contributed by atoms with Crippen molar-refractivity contribution in [3.05, 3.63) is 106 Å². The summed E-state index contributed by atoms with van der Waals surface area (Å²) in [5.41, 5.74) is 6.41. The van der Waals surface area contributed by atoms with Crippen molar-refractivity contribution < 1.29 is 14.3 Å². The van der Waals surface area contributed by atoms with Crippen molar-refractivity contribution in [1.82, 2.24) is 30.0 Å². The van der Waals surface area contributed by atoms with Crippen LogP contribution in [0.2, 0.25) is 0 Å². The minimum Gasteiger partial charge on any atom is -0.490 e. The SMILES string of the molecule is CCCCc1c(Cc2ccc(-c3ccccc3-c3nn[nH]n3)cc2)c(=O)n2n1C(C)CCC2COc1ccccc1C(=O)OCC. The van der Waals surface area contributed by atoms with Gasteiger partial charge in [-0.3, -0.25) is 9.48 Å². The Morgan fingerprint density at radius 2 is 1.72 bits per heavy atom. The van der Waals surface area contributed by atoms with E-state index in [0.29, 0.717) is 23.6 Å². The number of unbranched alkanes of at least 4 members (excludes halogenated alkanes) is 1. The van der Waals surface area contributed by atoms with Gasteiger partial charge in [-0.15, -0.1) is 10.2 Å². The number of aromatic nitrogens is 6. The molecule has 2 aromatic heterocycles. The van der Waals surface area contributed by atoms with Crippen LogP contribution in [0.15, 0.2) is 77.6 Å². The van der Waals surface area contributed by atoms with Crippen molar-refractivity contribution in [2.24, 2.45) is 0 Å². The highest BCUT2D eigenvalue weighted by atomic mass is 16.5. The Balaban J connectivity index is 1.30. The van der Waals surface area contributed by atoms with Gasteiger partial charge in [-0.25, -0.2) is 9.48 Å². The first-order chi connectivity index (χ1) is 22.5. The predicted octanol–water partition coefficient (Wildman–Crippen LogP) is 6.58. The molecule has 0 aliphatic carbocycles. The Morgan fingerprint density at radius 1 is 0.957 bits per heavy atom.